The lowest BCUT2D eigenvalue weighted by Gasteiger charge is -2.53. The van der Waals surface area contributed by atoms with Gasteiger partial charge < -0.3 is 15.3 Å². The number of aromatic nitrogens is 4. The number of halogens is 2. The summed E-state index contributed by atoms with van der Waals surface area (Å²) < 4.78 is 57.2. The lowest BCUT2D eigenvalue weighted by molar-refractivity contribution is -0.122. The van der Waals surface area contributed by atoms with Crippen LogP contribution in [0.5, 0.6) is 0 Å². The van der Waals surface area contributed by atoms with E-state index in [1.165, 1.54) is 6.20 Å². The Kier molecular flexibility index (Phi) is 6.66. The molecule has 0 atom stereocenters. The molecular formula is C22H27F2N7O4S2. The topological polar surface area (TPSA) is 142 Å². The summed E-state index contributed by atoms with van der Waals surface area (Å²) in [5.41, 5.74) is 1.30. The van der Waals surface area contributed by atoms with Crippen molar-refractivity contribution < 1.29 is 27.1 Å². The third-order valence-corrected chi connectivity index (χ3v) is 9.69. The molecule has 5 heterocycles. The molecule has 0 unspecified atom stereocenters. The van der Waals surface area contributed by atoms with Gasteiger partial charge in [-0.15, -0.1) is 10.2 Å². The van der Waals surface area contributed by atoms with Gasteiger partial charge in [-0.05, 0) is 51.8 Å². The fourth-order valence-electron chi connectivity index (χ4n) is 4.91. The van der Waals surface area contributed by atoms with Crippen LogP contribution in [0.3, 0.4) is 0 Å². The summed E-state index contributed by atoms with van der Waals surface area (Å²) in [4.78, 5) is 15.1. The number of hydrogen-bond donors (Lipinski definition) is 3. The number of imidazole rings is 1. The molecule has 0 amide bonds. The van der Waals surface area contributed by atoms with Gasteiger partial charge in [0.25, 0.3) is 12.9 Å². The van der Waals surface area contributed by atoms with Gasteiger partial charge in [0, 0.05) is 30.2 Å². The molecule has 3 N–H and O–H groups in total. The second kappa shape index (κ2) is 9.53. The molecule has 1 saturated carbocycles. The van der Waals surface area contributed by atoms with E-state index < -0.39 is 27.0 Å². The molecule has 3 aromatic rings. The van der Waals surface area contributed by atoms with Gasteiger partial charge in [-0.3, -0.25) is 9.20 Å². The van der Waals surface area contributed by atoms with E-state index in [4.69, 9.17) is 9.90 Å². The predicted octanol–water partition coefficient (Wildman–Crippen LogP) is 2.51. The first kappa shape index (κ1) is 25.9. The van der Waals surface area contributed by atoms with Crippen molar-refractivity contribution in [1.82, 2.24) is 29.6 Å². The molecule has 6 rings (SSSR count). The van der Waals surface area contributed by atoms with Gasteiger partial charge in [-0.2, -0.15) is 0 Å². The largest absolute Gasteiger partial charge is 0.483 e. The van der Waals surface area contributed by atoms with Crippen molar-refractivity contribution in [2.24, 2.45) is 5.41 Å². The van der Waals surface area contributed by atoms with Crippen LogP contribution in [0.1, 0.15) is 44.0 Å². The van der Waals surface area contributed by atoms with Crippen LogP contribution in [-0.2, 0) is 14.8 Å². The molecule has 0 bridgehead atoms. The molecule has 0 aromatic carbocycles. The van der Waals surface area contributed by atoms with Crippen molar-refractivity contribution >= 4 is 39.0 Å². The number of sulfonamides is 1. The van der Waals surface area contributed by atoms with E-state index in [2.05, 4.69) is 30.1 Å². The number of hydrogen-bond acceptors (Lipinski definition) is 9. The van der Waals surface area contributed by atoms with Crippen LogP contribution < -0.4 is 14.9 Å². The zero-order valence-corrected chi connectivity index (χ0v) is 21.7. The second-order valence-electron chi connectivity index (χ2n) is 10.0. The molecule has 0 radical (unpaired) electrons. The van der Waals surface area contributed by atoms with Crippen LogP contribution >= 0.6 is 11.3 Å². The maximum Gasteiger partial charge on any atom is 0.291 e. The number of anilines is 1. The van der Waals surface area contributed by atoms with E-state index in [0.717, 1.165) is 68.9 Å². The van der Waals surface area contributed by atoms with E-state index in [-0.39, 0.29) is 21.8 Å². The maximum atomic E-state index is 13.3. The third kappa shape index (κ3) is 5.04. The molecule has 3 aliphatic rings. The number of piperidine rings is 1. The summed E-state index contributed by atoms with van der Waals surface area (Å²) in [6.45, 7) is 5.29. The lowest BCUT2D eigenvalue weighted by Crippen LogP contribution is -2.60. The minimum atomic E-state index is -3.79. The number of alkyl halides is 2. The minimum absolute atomic E-state index is 0.118. The van der Waals surface area contributed by atoms with E-state index in [1.54, 1.807) is 16.7 Å². The highest BCUT2D eigenvalue weighted by molar-refractivity contribution is 7.89. The molecule has 2 aliphatic heterocycles. The van der Waals surface area contributed by atoms with Crippen LogP contribution in [-0.4, -0.2) is 71.3 Å². The molecule has 37 heavy (non-hydrogen) atoms. The average molecular weight is 556 g/mol. The molecule has 2 saturated heterocycles. The molecule has 3 aromatic heterocycles. The molecule has 200 valence electrons. The Morgan fingerprint density at radius 2 is 1.89 bits per heavy atom. The zero-order chi connectivity index (χ0) is 26.4. The van der Waals surface area contributed by atoms with E-state index >= 15 is 0 Å². The van der Waals surface area contributed by atoms with Crippen LogP contribution in [0.2, 0.25) is 0 Å². The van der Waals surface area contributed by atoms with Crippen molar-refractivity contribution in [3.63, 3.8) is 0 Å². The number of carbonyl (C=O) groups is 1. The minimum Gasteiger partial charge on any atom is -0.483 e. The van der Waals surface area contributed by atoms with Crippen molar-refractivity contribution in [2.75, 3.05) is 31.1 Å². The average Bonchev–Trinajstić information content (AvgIpc) is 3.23. The quantitative estimate of drug-likeness (QED) is 0.391. The van der Waals surface area contributed by atoms with Gasteiger partial charge in [0.2, 0.25) is 10.0 Å². The number of pyridine rings is 1. The summed E-state index contributed by atoms with van der Waals surface area (Å²) in [6, 6.07) is 1.70. The van der Waals surface area contributed by atoms with Gasteiger partial charge in [-0.25, -0.2) is 26.9 Å². The Labute approximate surface area is 216 Å². The normalized spacial score (nSPS) is 19.9. The Morgan fingerprint density at radius 3 is 2.49 bits per heavy atom. The summed E-state index contributed by atoms with van der Waals surface area (Å²) in [5.74, 6) is 0.299. The third-order valence-electron chi connectivity index (χ3n) is 7.16. The van der Waals surface area contributed by atoms with Crippen LogP contribution in [0.4, 0.5) is 14.5 Å². The molecular weight excluding hydrogens is 528 g/mol. The molecule has 1 spiro atoms. The predicted molar refractivity (Wildman–Crippen MR) is 132 cm³/mol. The Hall–Kier alpha value is -2.75. The Morgan fingerprint density at radius 1 is 1.22 bits per heavy atom. The standard InChI is InChI=1S/C21H25F2N7O2S2.CH2O2/c1-20(2-3-20)28-34(31,32)13-8-14(29-11-21(12-29)4-6-24-7-5-21)15-9-25-17(30(15)10-13)19-27-26-18(33-19)16(22)23;2-1-3/h8-10,16,24,28H,2-7,11-12H2,1H3;1H,(H,2,3). The fourth-order valence-corrected chi connectivity index (χ4v) is 7.08. The number of carboxylic acid groups (broad SMARTS) is 1. The number of nitrogens with one attached hydrogen (secondary N) is 2. The Balaban J connectivity index is 0.000000892. The summed E-state index contributed by atoms with van der Waals surface area (Å²) in [5, 5.41) is 17.6. The maximum absolute atomic E-state index is 13.3. The Bertz CT molecular complexity index is 1410. The first-order valence-corrected chi connectivity index (χ1v) is 14.1. The molecule has 11 nitrogen and oxygen atoms in total. The first-order chi connectivity index (χ1) is 17.6. The fraction of sp³-hybridized carbons (Fsp3) is 0.545. The van der Waals surface area contributed by atoms with E-state index in [0.29, 0.717) is 11.3 Å². The highest BCUT2D eigenvalue weighted by atomic mass is 32.2. The van der Waals surface area contributed by atoms with Gasteiger partial charge in [0.1, 0.15) is 4.90 Å². The van der Waals surface area contributed by atoms with Crippen molar-refractivity contribution in [2.45, 2.75) is 49.5 Å². The summed E-state index contributed by atoms with van der Waals surface area (Å²) in [6.07, 6.45) is 4.18. The summed E-state index contributed by atoms with van der Waals surface area (Å²) >= 11 is 0.757. The highest BCUT2D eigenvalue weighted by Crippen LogP contribution is 2.44. The number of rotatable bonds is 6. The highest BCUT2D eigenvalue weighted by Gasteiger charge is 2.45. The van der Waals surface area contributed by atoms with Crippen molar-refractivity contribution in [3.8, 4) is 10.8 Å². The molecule has 15 heteroatoms. The monoisotopic (exact) mass is 555 g/mol. The van der Waals surface area contributed by atoms with Crippen molar-refractivity contribution in [1.29, 1.82) is 0 Å². The molecule has 1 aliphatic carbocycles. The SMILES string of the molecule is CC1(NS(=O)(=O)c2cc(N3CC4(CCNCC4)C3)c3cnc(-c4nnc(C(F)F)s4)n3c2)CC1.O=CO. The summed E-state index contributed by atoms with van der Waals surface area (Å²) in [7, 11) is -3.79. The van der Waals surface area contributed by atoms with Crippen LogP contribution in [0, 0.1) is 5.41 Å². The second-order valence-corrected chi connectivity index (χ2v) is 12.7. The van der Waals surface area contributed by atoms with Gasteiger partial charge in [0.15, 0.2) is 15.8 Å². The van der Waals surface area contributed by atoms with Gasteiger partial charge in [0.05, 0.1) is 17.4 Å². The first-order valence-electron chi connectivity index (χ1n) is 11.8. The smallest absolute Gasteiger partial charge is 0.291 e. The van der Waals surface area contributed by atoms with E-state index in [9.17, 15) is 17.2 Å². The van der Waals surface area contributed by atoms with Crippen molar-refractivity contribution in [3.05, 3.63) is 23.5 Å². The zero-order valence-electron chi connectivity index (χ0n) is 20.0. The molecule has 3 fully saturated rings. The number of fused-ring (bicyclic) bond motifs is 1. The van der Waals surface area contributed by atoms with E-state index in [1.807, 2.05) is 6.92 Å². The van der Waals surface area contributed by atoms with Crippen LogP contribution in [0.15, 0.2) is 23.4 Å². The van der Waals surface area contributed by atoms with Gasteiger partial charge >= 0.3 is 0 Å². The number of nitrogens with zero attached hydrogens (tertiary/aromatic N) is 5. The lowest BCUT2D eigenvalue weighted by atomic mass is 9.72. The van der Waals surface area contributed by atoms with Crippen LogP contribution in [0.25, 0.3) is 16.3 Å². The van der Waals surface area contributed by atoms with Gasteiger partial charge in [-0.1, -0.05) is 11.3 Å².